The van der Waals surface area contributed by atoms with Crippen LogP contribution < -0.4 is 4.74 Å². The summed E-state index contributed by atoms with van der Waals surface area (Å²) in [5.41, 5.74) is 0.822. The van der Waals surface area contributed by atoms with Gasteiger partial charge in [-0.1, -0.05) is 19.1 Å². The number of carboxylic acid groups (broad SMARTS) is 1. The van der Waals surface area contributed by atoms with Gasteiger partial charge in [0.1, 0.15) is 0 Å². The zero-order chi connectivity index (χ0) is 15.2. The Morgan fingerprint density at radius 2 is 2.19 bits per heavy atom. The van der Waals surface area contributed by atoms with Crippen LogP contribution in [0.1, 0.15) is 22.5 Å². The van der Waals surface area contributed by atoms with E-state index < -0.39 is 11.8 Å². The smallest absolute Gasteiger partial charge is 0.308 e. The predicted octanol–water partition coefficient (Wildman–Crippen LogP) is 3.09. The molecule has 0 aliphatic carbocycles. The van der Waals surface area contributed by atoms with Gasteiger partial charge in [0, 0.05) is 11.3 Å². The summed E-state index contributed by atoms with van der Waals surface area (Å²) >= 11 is 1.39. The molecule has 0 aliphatic heterocycles. The highest BCUT2D eigenvalue weighted by atomic mass is 32.1. The number of ether oxygens (including phenoxy) is 1. The molecule has 1 N–H and O–H groups in total. The van der Waals surface area contributed by atoms with E-state index in [0.717, 1.165) is 15.6 Å². The quantitative estimate of drug-likeness (QED) is 0.854. The summed E-state index contributed by atoms with van der Waals surface area (Å²) in [5.74, 6) is -1.03. The number of aromatic nitrogens is 1. The minimum atomic E-state index is -0.859. The fourth-order valence-electron chi connectivity index (χ4n) is 1.91. The number of hydrogen-bond donors (Lipinski definition) is 1. The third-order valence-corrected chi connectivity index (χ3v) is 4.04. The number of rotatable bonds is 7. The first-order valence-electron chi connectivity index (χ1n) is 6.66. The third-order valence-electron chi connectivity index (χ3n) is 2.88. The highest BCUT2D eigenvalue weighted by Crippen LogP contribution is 2.21. The third kappa shape index (κ3) is 4.26. The lowest BCUT2D eigenvalue weighted by Crippen LogP contribution is -2.02. The fraction of sp³-hybridized carbons (Fsp3) is 0.333. The molecule has 112 valence electrons. The molecule has 2 aromatic rings. The Morgan fingerprint density at radius 3 is 2.86 bits per heavy atom. The van der Waals surface area contributed by atoms with Gasteiger partial charge in [0.25, 0.3) is 0 Å². The number of carbonyl (C=O) groups is 1. The second-order valence-corrected chi connectivity index (χ2v) is 5.60. The second-order valence-electron chi connectivity index (χ2n) is 4.43. The normalized spacial score (nSPS) is 10.6. The summed E-state index contributed by atoms with van der Waals surface area (Å²) in [6.07, 6.45) is 1.23. The summed E-state index contributed by atoms with van der Waals surface area (Å²) in [7, 11) is 0. The Morgan fingerprint density at radius 1 is 1.43 bits per heavy atom. The SMILES string of the molecule is CCc1nc(CCOc2ccccc2F)sc1CC(=O)O. The molecule has 2 rings (SSSR count). The van der Waals surface area contributed by atoms with Crippen LogP contribution in [-0.2, 0) is 24.1 Å². The van der Waals surface area contributed by atoms with Crippen LogP contribution in [0.2, 0.25) is 0 Å². The van der Waals surface area contributed by atoms with Crippen LogP contribution in [0.15, 0.2) is 24.3 Å². The van der Waals surface area contributed by atoms with E-state index in [9.17, 15) is 9.18 Å². The van der Waals surface area contributed by atoms with Gasteiger partial charge in [0.2, 0.25) is 0 Å². The molecule has 4 nitrogen and oxygen atoms in total. The largest absolute Gasteiger partial charge is 0.490 e. The maximum absolute atomic E-state index is 13.4. The van der Waals surface area contributed by atoms with Crippen molar-refractivity contribution in [2.75, 3.05) is 6.61 Å². The number of hydrogen-bond acceptors (Lipinski definition) is 4. The van der Waals surface area contributed by atoms with Crippen molar-refractivity contribution in [3.05, 3.63) is 45.7 Å². The van der Waals surface area contributed by atoms with Gasteiger partial charge in [-0.2, -0.15) is 0 Å². The van der Waals surface area contributed by atoms with Crippen molar-refractivity contribution in [2.24, 2.45) is 0 Å². The molecule has 1 aromatic carbocycles. The first kappa shape index (κ1) is 15.4. The van der Waals surface area contributed by atoms with Crippen LogP contribution in [0, 0.1) is 5.82 Å². The van der Waals surface area contributed by atoms with E-state index in [4.69, 9.17) is 9.84 Å². The second kappa shape index (κ2) is 7.17. The van der Waals surface area contributed by atoms with E-state index >= 15 is 0 Å². The lowest BCUT2D eigenvalue weighted by atomic mass is 10.2. The topological polar surface area (TPSA) is 59.4 Å². The fourth-order valence-corrected chi connectivity index (χ4v) is 3.03. The lowest BCUT2D eigenvalue weighted by molar-refractivity contribution is -0.136. The molecule has 0 unspecified atom stereocenters. The molecule has 0 spiro atoms. The van der Waals surface area contributed by atoms with Crippen molar-refractivity contribution in [3.8, 4) is 5.75 Å². The van der Waals surface area contributed by atoms with Gasteiger partial charge in [-0.25, -0.2) is 9.37 Å². The standard InChI is InChI=1S/C15H16FNO3S/c1-2-11-13(9-15(18)19)21-14(17-11)7-8-20-12-6-4-3-5-10(12)16/h3-6H,2,7-9H2,1H3,(H,18,19). The van der Waals surface area contributed by atoms with Crippen LogP contribution in [0.5, 0.6) is 5.75 Å². The number of aliphatic carboxylic acids is 1. The Bertz CT molecular complexity index is 627. The van der Waals surface area contributed by atoms with Gasteiger partial charge in [-0.05, 0) is 18.6 Å². The van der Waals surface area contributed by atoms with Crippen LogP contribution in [0.25, 0.3) is 0 Å². The Balaban J connectivity index is 1.96. The monoisotopic (exact) mass is 309 g/mol. The highest BCUT2D eigenvalue weighted by molar-refractivity contribution is 7.11. The minimum Gasteiger partial charge on any atom is -0.490 e. The summed E-state index contributed by atoms with van der Waals surface area (Å²) < 4.78 is 18.8. The Labute approximate surface area is 126 Å². The van der Waals surface area contributed by atoms with Crippen LogP contribution in [0.3, 0.4) is 0 Å². The molecule has 0 saturated carbocycles. The first-order chi connectivity index (χ1) is 10.1. The molecule has 0 saturated heterocycles. The Kier molecular flexibility index (Phi) is 5.27. The van der Waals surface area contributed by atoms with E-state index in [1.54, 1.807) is 18.2 Å². The number of carboxylic acids is 1. The van der Waals surface area contributed by atoms with Crippen molar-refractivity contribution in [2.45, 2.75) is 26.2 Å². The maximum Gasteiger partial charge on any atom is 0.308 e. The predicted molar refractivity (Wildman–Crippen MR) is 78.4 cm³/mol. The molecule has 1 aromatic heterocycles. The van der Waals surface area contributed by atoms with Gasteiger partial charge in [0.15, 0.2) is 11.6 Å². The number of benzene rings is 1. The van der Waals surface area contributed by atoms with Crippen LogP contribution in [0.4, 0.5) is 4.39 Å². The summed E-state index contributed by atoms with van der Waals surface area (Å²) in [6.45, 7) is 2.25. The summed E-state index contributed by atoms with van der Waals surface area (Å²) in [4.78, 5) is 16.0. The Hall–Kier alpha value is -1.95. The summed E-state index contributed by atoms with van der Waals surface area (Å²) in [5, 5.41) is 9.68. The molecule has 0 bridgehead atoms. The van der Waals surface area contributed by atoms with E-state index in [2.05, 4.69) is 4.98 Å². The number of halogens is 1. The molecule has 0 radical (unpaired) electrons. The zero-order valence-electron chi connectivity index (χ0n) is 11.6. The maximum atomic E-state index is 13.4. The summed E-state index contributed by atoms with van der Waals surface area (Å²) in [6, 6.07) is 6.24. The van der Waals surface area contributed by atoms with Crippen molar-refractivity contribution in [3.63, 3.8) is 0 Å². The van der Waals surface area contributed by atoms with Crippen molar-refractivity contribution < 1.29 is 19.0 Å². The molecular formula is C15H16FNO3S. The van der Waals surface area contributed by atoms with Crippen molar-refractivity contribution in [1.82, 2.24) is 4.98 Å². The molecule has 0 atom stereocenters. The van der Waals surface area contributed by atoms with E-state index in [1.807, 2.05) is 6.92 Å². The van der Waals surface area contributed by atoms with E-state index in [-0.39, 0.29) is 12.2 Å². The molecular weight excluding hydrogens is 293 g/mol. The van der Waals surface area contributed by atoms with Gasteiger partial charge in [-0.3, -0.25) is 4.79 Å². The molecule has 0 aliphatic rings. The van der Waals surface area contributed by atoms with Crippen molar-refractivity contribution >= 4 is 17.3 Å². The van der Waals surface area contributed by atoms with Crippen LogP contribution in [-0.4, -0.2) is 22.7 Å². The van der Waals surface area contributed by atoms with Gasteiger partial charge >= 0.3 is 5.97 Å². The van der Waals surface area contributed by atoms with E-state index in [1.165, 1.54) is 17.4 Å². The van der Waals surface area contributed by atoms with E-state index in [0.29, 0.717) is 19.4 Å². The van der Waals surface area contributed by atoms with Crippen LogP contribution >= 0.6 is 11.3 Å². The number of aryl methyl sites for hydroxylation is 1. The molecule has 0 fully saturated rings. The molecule has 21 heavy (non-hydrogen) atoms. The van der Waals surface area contributed by atoms with Gasteiger partial charge < -0.3 is 9.84 Å². The number of nitrogens with zero attached hydrogens (tertiary/aromatic N) is 1. The number of para-hydroxylation sites is 1. The highest BCUT2D eigenvalue weighted by Gasteiger charge is 2.13. The molecule has 0 amide bonds. The van der Waals surface area contributed by atoms with Crippen molar-refractivity contribution in [1.29, 1.82) is 0 Å². The zero-order valence-corrected chi connectivity index (χ0v) is 12.5. The van der Waals surface area contributed by atoms with Gasteiger partial charge in [0.05, 0.1) is 23.7 Å². The average Bonchev–Trinajstić information content (AvgIpc) is 2.82. The minimum absolute atomic E-state index is 0.00495. The number of thiazole rings is 1. The molecule has 6 heteroatoms. The average molecular weight is 309 g/mol. The first-order valence-corrected chi connectivity index (χ1v) is 7.48. The molecule has 1 heterocycles. The van der Waals surface area contributed by atoms with Gasteiger partial charge in [-0.15, -0.1) is 11.3 Å². The lowest BCUT2D eigenvalue weighted by Gasteiger charge is -2.05.